The Kier molecular flexibility index (Phi) is 5.73. The number of aliphatic hydroxyl groups is 1. The lowest BCUT2D eigenvalue weighted by Gasteiger charge is -2.33. The highest BCUT2D eigenvalue weighted by Crippen LogP contribution is 2.46. The number of cyclic esters (lactones) is 1. The largest absolute Gasteiger partial charge is 0.486 e. The second-order valence-electron chi connectivity index (χ2n) is 10.5. The minimum Gasteiger partial charge on any atom is -0.486 e. The Balaban J connectivity index is 1.55. The third-order valence-electron chi connectivity index (χ3n) is 7.99. The first-order valence-corrected chi connectivity index (χ1v) is 13.1. The molecule has 3 aromatic rings. The first kappa shape index (κ1) is 24.8. The smallest absolute Gasteiger partial charge is 0.343 e. The van der Waals surface area contributed by atoms with E-state index in [-0.39, 0.29) is 42.0 Å². The van der Waals surface area contributed by atoms with Crippen molar-refractivity contribution in [1.29, 1.82) is 0 Å². The normalized spacial score (nSPS) is 19.7. The summed E-state index contributed by atoms with van der Waals surface area (Å²) >= 11 is 0. The maximum Gasteiger partial charge on any atom is 0.343 e. The number of hydrogen-bond donors (Lipinski definition) is 2. The molecule has 0 aliphatic carbocycles. The van der Waals surface area contributed by atoms with Crippen molar-refractivity contribution in [2.75, 3.05) is 31.1 Å². The Labute approximate surface area is 219 Å². The zero-order valence-corrected chi connectivity index (χ0v) is 22.0. The van der Waals surface area contributed by atoms with Crippen molar-refractivity contribution in [2.45, 2.75) is 58.9 Å². The van der Waals surface area contributed by atoms with Gasteiger partial charge >= 0.3 is 5.97 Å². The molecule has 0 bridgehead atoms. The highest BCUT2D eigenvalue weighted by Gasteiger charge is 2.45. The van der Waals surface area contributed by atoms with Crippen LogP contribution in [0, 0.1) is 12.7 Å². The molecular formula is C28H31FN4O5. The maximum absolute atomic E-state index is 15.3. The number of pyridine rings is 2. The number of anilines is 1. The van der Waals surface area contributed by atoms with E-state index < -0.39 is 17.4 Å². The van der Waals surface area contributed by atoms with Crippen LogP contribution in [-0.2, 0) is 28.3 Å². The molecule has 10 heteroatoms. The van der Waals surface area contributed by atoms with E-state index in [1.807, 2.05) is 6.92 Å². The number of ether oxygens (including phenoxy) is 2. The number of aryl methyl sites for hydroxylation is 1. The Morgan fingerprint density at radius 3 is 2.76 bits per heavy atom. The first-order chi connectivity index (χ1) is 18.2. The van der Waals surface area contributed by atoms with E-state index in [0.29, 0.717) is 48.3 Å². The summed E-state index contributed by atoms with van der Waals surface area (Å²) in [7, 11) is 0. The third kappa shape index (κ3) is 3.46. The van der Waals surface area contributed by atoms with E-state index in [2.05, 4.69) is 24.1 Å². The second-order valence-corrected chi connectivity index (χ2v) is 10.5. The lowest BCUT2D eigenvalue weighted by Crippen LogP contribution is -2.44. The van der Waals surface area contributed by atoms with Gasteiger partial charge in [0.2, 0.25) is 0 Å². The van der Waals surface area contributed by atoms with Crippen molar-refractivity contribution in [3.63, 3.8) is 0 Å². The Bertz CT molecular complexity index is 1570. The standard InChI is InChI=1S/C28H31FN4O5/c1-5-28(36)18-10-21-23-16(12-33(21)26(34)17(18)13-38-27(28)35)15(4)22-20(31-23)11-19(29)25-24(22)32(8-9-37-25)7-6-30-14(2)3/h10-11,14,30,36H,5-9,12-13H2,1-4H3/t28-/m0/s1. The van der Waals surface area contributed by atoms with Gasteiger partial charge in [0.05, 0.1) is 41.2 Å². The van der Waals surface area contributed by atoms with Crippen molar-refractivity contribution >= 4 is 22.6 Å². The van der Waals surface area contributed by atoms with Crippen LogP contribution in [0.1, 0.15) is 49.4 Å². The van der Waals surface area contributed by atoms with Gasteiger partial charge in [-0.1, -0.05) is 20.8 Å². The van der Waals surface area contributed by atoms with Gasteiger partial charge in [-0.25, -0.2) is 14.2 Å². The van der Waals surface area contributed by atoms with Gasteiger partial charge in [-0.2, -0.15) is 0 Å². The van der Waals surface area contributed by atoms with E-state index in [1.54, 1.807) is 17.6 Å². The lowest BCUT2D eigenvalue weighted by atomic mass is 9.86. The number of benzene rings is 1. The summed E-state index contributed by atoms with van der Waals surface area (Å²) < 4.78 is 27.9. The molecule has 0 saturated heterocycles. The van der Waals surface area contributed by atoms with E-state index in [4.69, 9.17) is 14.5 Å². The van der Waals surface area contributed by atoms with Crippen LogP contribution in [0.3, 0.4) is 0 Å². The number of nitrogens with zero attached hydrogens (tertiary/aromatic N) is 3. The maximum atomic E-state index is 15.3. The second kappa shape index (κ2) is 8.78. The number of nitrogens with one attached hydrogen (secondary N) is 1. The van der Waals surface area contributed by atoms with Crippen molar-refractivity contribution < 1.29 is 23.8 Å². The summed E-state index contributed by atoms with van der Waals surface area (Å²) in [4.78, 5) is 33.0. The fourth-order valence-corrected chi connectivity index (χ4v) is 5.92. The quantitative estimate of drug-likeness (QED) is 0.386. The topological polar surface area (TPSA) is 106 Å². The van der Waals surface area contributed by atoms with E-state index in [9.17, 15) is 14.7 Å². The average Bonchev–Trinajstić information content (AvgIpc) is 3.26. The molecule has 3 aliphatic heterocycles. The van der Waals surface area contributed by atoms with Crippen LogP contribution < -0.4 is 20.5 Å². The molecule has 1 atom stereocenters. The van der Waals surface area contributed by atoms with Gasteiger partial charge in [0, 0.05) is 41.7 Å². The number of esters is 1. The van der Waals surface area contributed by atoms with Crippen LogP contribution in [0.4, 0.5) is 10.1 Å². The van der Waals surface area contributed by atoms with Gasteiger partial charge in [0.15, 0.2) is 17.2 Å². The molecule has 2 N–H and O–H groups in total. The molecule has 200 valence electrons. The van der Waals surface area contributed by atoms with E-state index in [0.717, 1.165) is 23.1 Å². The Morgan fingerprint density at radius 1 is 1.24 bits per heavy atom. The number of carbonyl (C=O) groups excluding carboxylic acids is 1. The highest BCUT2D eigenvalue weighted by molar-refractivity contribution is 6.00. The summed E-state index contributed by atoms with van der Waals surface area (Å²) in [5.74, 6) is -1.02. The Morgan fingerprint density at radius 2 is 2.03 bits per heavy atom. The molecule has 6 rings (SSSR count). The molecule has 2 aromatic heterocycles. The van der Waals surface area contributed by atoms with Crippen LogP contribution in [0.15, 0.2) is 16.9 Å². The molecule has 0 saturated carbocycles. The van der Waals surface area contributed by atoms with Gasteiger partial charge in [0.1, 0.15) is 13.2 Å². The number of rotatable bonds is 5. The fraction of sp³-hybridized carbons (Fsp3) is 0.464. The molecule has 0 fully saturated rings. The summed E-state index contributed by atoms with van der Waals surface area (Å²) in [6.45, 7) is 10.3. The number of halogens is 1. The predicted molar refractivity (Wildman–Crippen MR) is 140 cm³/mol. The van der Waals surface area contributed by atoms with Crippen LogP contribution in [-0.4, -0.2) is 52.9 Å². The van der Waals surface area contributed by atoms with Crippen molar-refractivity contribution in [3.05, 3.63) is 50.6 Å². The summed E-state index contributed by atoms with van der Waals surface area (Å²) in [6.07, 6.45) is 0.0671. The van der Waals surface area contributed by atoms with Gasteiger partial charge in [-0.05, 0) is 25.0 Å². The summed E-state index contributed by atoms with van der Waals surface area (Å²) in [5.41, 5.74) is 2.26. The van der Waals surface area contributed by atoms with Crippen molar-refractivity contribution in [1.82, 2.24) is 14.9 Å². The number of hydrogen-bond acceptors (Lipinski definition) is 8. The third-order valence-corrected chi connectivity index (χ3v) is 7.99. The van der Waals surface area contributed by atoms with Crippen molar-refractivity contribution in [2.24, 2.45) is 0 Å². The fourth-order valence-electron chi connectivity index (χ4n) is 5.92. The van der Waals surface area contributed by atoms with Gasteiger partial charge in [-0.15, -0.1) is 0 Å². The minimum atomic E-state index is -1.90. The summed E-state index contributed by atoms with van der Waals surface area (Å²) in [6, 6.07) is 3.39. The SMILES string of the molecule is CC[C@@]1(O)C(=O)OCc2c1cc1n(c2=O)Cc2c-1nc1cc(F)c3c(c1c2C)N(CCNC(C)C)CCO3. The summed E-state index contributed by atoms with van der Waals surface area (Å²) in [5, 5.41) is 15.3. The highest BCUT2D eigenvalue weighted by atomic mass is 19.1. The predicted octanol–water partition coefficient (Wildman–Crippen LogP) is 2.72. The van der Waals surface area contributed by atoms with Gasteiger partial charge in [-0.3, -0.25) is 4.79 Å². The molecule has 0 amide bonds. The molecule has 9 nitrogen and oxygen atoms in total. The van der Waals surface area contributed by atoms with Gasteiger partial charge in [0.25, 0.3) is 5.56 Å². The first-order valence-electron chi connectivity index (χ1n) is 13.1. The van der Waals surface area contributed by atoms with Crippen LogP contribution in [0.5, 0.6) is 5.75 Å². The zero-order chi connectivity index (χ0) is 26.9. The molecule has 0 spiro atoms. The molecule has 0 unspecified atom stereocenters. The Hall–Kier alpha value is -3.50. The monoisotopic (exact) mass is 522 g/mol. The lowest BCUT2D eigenvalue weighted by molar-refractivity contribution is -0.172. The van der Waals surface area contributed by atoms with Crippen LogP contribution in [0.2, 0.25) is 0 Å². The van der Waals surface area contributed by atoms with Crippen molar-refractivity contribution in [3.8, 4) is 17.1 Å². The molecule has 3 aliphatic rings. The van der Waals surface area contributed by atoms with Gasteiger partial charge < -0.3 is 29.4 Å². The van der Waals surface area contributed by atoms with Crippen LogP contribution in [0.25, 0.3) is 22.3 Å². The number of fused-ring (bicyclic) bond motifs is 7. The minimum absolute atomic E-state index is 0.0671. The number of aromatic nitrogens is 2. The number of carbonyl (C=O) groups is 1. The van der Waals surface area contributed by atoms with Crippen LogP contribution >= 0.6 is 0 Å². The molecule has 5 heterocycles. The zero-order valence-electron chi connectivity index (χ0n) is 22.0. The molecule has 38 heavy (non-hydrogen) atoms. The van der Waals surface area contributed by atoms with E-state index >= 15 is 4.39 Å². The molecular weight excluding hydrogens is 491 g/mol. The van der Waals surface area contributed by atoms with E-state index in [1.165, 1.54) is 6.07 Å². The molecule has 1 aromatic carbocycles. The average molecular weight is 523 g/mol. The molecule has 0 radical (unpaired) electrons.